The lowest BCUT2D eigenvalue weighted by atomic mass is 10.0. The molecule has 3 rings (SSSR count). The summed E-state index contributed by atoms with van der Waals surface area (Å²) >= 11 is 0. The molecule has 0 atom stereocenters. The van der Waals surface area contributed by atoms with E-state index < -0.39 is 5.91 Å². The van der Waals surface area contributed by atoms with Crippen molar-refractivity contribution >= 4 is 16.7 Å². The van der Waals surface area contributed by atoms with E-state index in [0.717, 1.165) is 22.2 Å². The topological polar surface area (TPSA) is 68.9 Å². The van der Waals surface area contributed by atoms with E-state index in [-0.39, 0.29) is 0 Å². The van der Waals surface area contributed by atoms with Crippen molar-refractivity contribution in [1.82, 2.24) is 9.97 Å². The Labute approximate surface area is 109 Å². The van der Waals surface area contributed by atoms with Gasteiger partial charge in [-0.15, -0.1) is 0 Å². The minimum absolute atomic E-state index is 0.432. The molecule has 0 fully saturated rings. The number of amides is 1. The largest absolute Gasteiger partial charge is 0.366 e. The number of pyridine rings is 2. The highest BCUT2D eigenvalue weighted by Gasteiger charge is 2.08. The molecule has 3 aromatic rings. The van der Waals surface area contributed by atoms with Crippen LogP contribution in [0.2, 0.25) is 0 Å². The fraction of sp³-hybridized carbons (Fsp3) is 0. The van der Waals surface area contributed by atoms with E-state index in [1.807, 2.05) is 30.3 Å². The zero-order valence-electron chi connectivity index (χ0n) is 10.1. The summed E-state index contributed by atoms with van der Waals surface area (Å²) in [6.07, 6.45) is 3.44. The van der Waals surface area contributed by atoms with Crippen molar-refractivity contribution in [3.8, 4) is 11.4 Å². The molecule has 2 heterocycles. The van der Waals surface area contributed by atoms with E-state index in [4.69, 9.17) is 5.73 Å². The molecule has 0 unspecified atom stereocenters. The van der Waals surface area contributed by atoms with Gasteiger partial charge in [-0.1, -0.05) is 12.1 Å². The maximum absolute atomic E-state index is 11.2. The van der Waals surface area contributed by atoms with E-state index in [1.54, 1.807) is 24.5 Å². The molecule has 92 valence electrons. The van der Waals surface area contributed by atoms with Gasteiger partial charge in [-0.2, -0.15) is 0 Å². The smallest absolute Gasteiger partial charge is 0.248 e. The number of aromatic nitrogens is 2. The van der Waals surface area contributed by atoms with Crippen LogP contribution in [-0.2, 0) is 0 Å². The maximum atomic E-state index is 11.2. The standard InChI is InChI=1S/C15H11N3O/c16-15(19)11-4-5-12-10(9-11)6-8-18-14(12)13-3-1-2-7-17-13/h1-9H,(H2,16,19). The fourth-order valence-electron chi connectivity index (χ4n) is 2.04. The predicted molar refractivity (Wildman–Crippen MR) is 73.5 cm³/mol. The summed E-state index contributed by atoms with van der Waals surface area (Å²) in [4.78, 5) is 19.9. The Morgan fingerprint density at radius 3 is 2.63 bits per heavy atom. The summed E-state index contributed by atoms with van der Waals surface area (Å²) in [5, 5.41) is 1.87. The summed E-state index contributed by atoms with van der Waals surface area (Å²) in [5.74, 6) is -0.432. The lowest BCUT2D eigenvalue weighted by Gasteiger charge is -2.06. The Bertz CT molecular complexity index is 754. The van der Waals surface area contributed by atoms with Gasteiger partial charge >= 0.3 is 0 Å². The number of carbonyl (C=O) groups excluding carboxylic acids is 1. The number of nitrogens with zero attached hydrogens (tertiary/aromatic N) is 2. The minimum Gasteiger partial charge on any atom is -0.366 e. The van der Waals surface area contributed by atoms with Crippen molar-refractivity contribution < 1.29 is 4.79 Å². The first-order chi connectivity index (χ1) is 9.25. The van der Waals surface area contributed by atoms with Crippen LogP contribution in [0.4, 0.5) is 0 Å². The van der Waals surface area contributed by atoms with Gasteiger partial charge in [-0.05, 0) is 35.7 Å². The zero-order chi connectivity index (χ0) is 13.2. The Morgan fingerprint density at radius 2 is 1.89 bits per heavy atom. The quantitative estimate of drug-likeness (QED) is 0.758. The summed E-state index contributed by atoms with van der Waals surface area (Å²) in [5.41, 5.74) is 7.38. The molecule has 0 aliphatic rings. The van der Waals surface area contributed by atoms with Gasteiger partial charge in [0, 0.05) is 23.3 Å². The van der Waals surface area contributed by atoms with Crippen LogP contribution in [0.3, 0.4) is 0 Å². The van der Waals surface area contributed by atoms with Crippen molar-refractivity contribution in [3.05, 3.63) is 60.4 Å². The molecule has 1 aromatic carbocycles. The molecule has 4 heteroatoms. The highest BCUT2D eigenvalue weighted by molar-refractivity contribution is 6.00. The van der Waals surface area contributed by atoms with Crippen molar-refractivity contribution in [2.75, 3.05) is 0 Å². The second-order valence-corrected chi connectivity index (χ2v) is 4.17. The van der Waals surface area contributed by atoms with Crippen molar-refractivity contribution in [3.63, 3.8) is 0 Å². The number of hydrogen-bond donors (Lipinski definition) is 1. The number of fused-ring (bicyclic) bond motifs is 1. The Hall–Kier alpha value is -2.75. The molecule has 0 aliphatic carbocycles. The third-order valence-corrected chi connectivity index (χ3v) is 2.96. The first-order valence-corrected chi connectivity index (χ1v) is 5.86. The highest BCUT2D eigenvalue weighted by Crippen LogP contribution is 2.25. The molecule has 0 saturated carbocycles. The number of rotatable bonds is 2. The van der Waals surface area contributed by atoms with Crippen LogP contribution in [0.5, 0.6) is 0 Å². The van der Waals surface area contributed by atoms with Gasteiger partial charge in [-0.3, -0.25) is 14.8 Å². The molecule has 0 radical (unpaired) electrons. The average molecular weight is 249 g/mol. The molecular weight excluding hydrogens is 238 g/mol. The van der Waals surface area contributed by atoms with Gasteiger partial charge in [0.15, 0.2) is 0 Å². The van der Waals surface area contributed by atoms with Crippen LogP contribution in [0.1, 0.15) is 10.4 Å². The number of carbonyl (C=O) groups is 1. The van der Waals surface area contributed by atoms with E-state index in [0.29, 0.717) is 5.56 Å². The first kappa shape index (κ1) is 11.3. The van der Waals surface area contributed by atoms with Crippen LogP contribution in [-0.4, -0.2) is 15.9 Å². The fourth-order valence-corrected chi connectivity index (χ4v) is 2.04. The maximum Gasteiger partial charge on any atom is 0.248 e. The average Bonchev–Trinajstić information content (AvgIpc) is 2.47. The zero-order valence-corrected chi connectivity index (χ0v) is 10.1. The Balaban J connectivity index is 2.25. The van der Waals surface area contributed by atoms with Crippen LogP contribution < -0.4 is 5.73 Å². The lowest BCUT2D eigenvalue weighted by molar-refractivity contribution is 0.100. The number of primary amides is 1. The SMILES string of the molecule is NC(=O)c1ccc2c(-c3ccccn3)nccc2c1. The molecule has 19 heavy (non-hydrogen) atoms. The van der Waals surface area contributed by atoms with Gasteiger partial charge in [0.25, 0.3) is 0 Å². The molecule has 0 spiro atoms. The van der Waals surface area contributed by atoms with Crippen molar-refractivity contribution in [2.24, 2.45) is 5.73 Å². The van der Waals surface area contributed by atoms with Gasteiger partial charge < -0.3 is 5.73 Å². The van der Waals surface area contributed by atoms with Gasteiger partial charge in [0.05, 0.1) is 11.4 Å². The van der Waals surface area contributed by atoms with E-state index in [2.05, 4.69) is 9.97 Å². The second kappa shape index (κ2) is 4.49. The molecule has 0 saturated heterocycles. The number of hydrogen-bond acceptors (Lipinski definition) is 3. The van der Waals surface area contributed by atoms with E-state index in [1.165, 1.54) is 0 Å². The predicted octanol–water partition coefficient (Wildman–Crippen LogP) is 2.40. The van der Waals surface area contributed by atoms with E-state index >= 15 is 0 Å². The van der Waals surface area contributed by atoms with Crippen LogP contribution in [0.25, 0.3) is 22.2 Å². The molecular formula is C15H11N3O. The van der Waals surface area contributed by atoms with Gasteiger partial charge in [-0.25, -0.2) is 0 Å². The van der Waals surface area contributed by atoms with Crippen molar-refractivity contribution in [2.45, 2.75) is 0 Å². The van der Waals surface area contributed by atoms with Crippen LogP contribution >= 0.6 is 0 Å². The second-order valence-electron chi connectivity index (χ2n) is 4.17. The van der Waals surface area contributed by atoms with Crippen molar-refractivity contribution in [1.29, 1.82) is 0 Å². The Morgan fingerprint density at radius 1 is 1.00 bits per heavy atom. The van der Waals surface area contributed by atoms with Gasteiger partial charge in [0.2, 0.25) is 5.91 Å². The first-order valence-electron chi connectivity index (χ1n) is 5.86. The third-order valence-electron chi connectivity index (χ3n) is 2.96. The summed E-state index contributed by atoms with van der Waals surface area (Å²) in [6.45, 7) is 0. The molecule has 2 aromatic heterocycles. The summed E-state index contributed by atoms with van der Waals surface area (Å²) < 4.78 is 0. The van der Waals surface area contributed by atoms with Crippen LogP contribution in [0, 0.1) is 0 Å². The minimum atomic E-state index is -0.432. The third kappa shape index (κ3) is 2.04. The normalized spacial score (nSPS) is 10.5. The molecule has 2 N–H and O–H groups in total. The summed E-state index contributed by atoms with van der Waals surface area (Å²) in [6, 6.07) is 12.9. The highest BCUT2D eigenvalue weighted by atomic mass is 16.1. The lowest BCUT2D eigenvalue weighted by Crippen LogP contribution is -2.10. The number of nitrogens with two attached hydrogens (primary N) is 1. The van der Waals surface area contributed by atoms with Gasteiger partial charge in [0.1, 0.15) is 0 Å². The van der Waals surface area contributed by atoms with E-state index in [9.17, 15) is 4.79 Å². The molecule has 4 nitrogen and oxygen atoms in total. The Kier molecular flexibility index (Phi) is 2.68. The number of benzene rings is 1. The molecule has 0 bridgehead atoms. The molecule has 0 aliphatic heterocycles. The monoisotopic (exact) mass is 249 g/mol. The molecule has 1 amide bonds. The summed E-state index contributed by atoms with van der Waals surface area (Å²) in [7, 11) is 0. The van der Waals surface area contributed by atoms with Crippen LogP contribution in [0.15, 0.2) is 54.9 Å².